The molecule has 0 saturated carbocycles. The fourth-order valence-corrected chi connectivity index (χ4v) is 5.38. The van der Waals surface area contributed by atoms with Crippen molar-refractivity contribution in [2.45, 2.75) is 25.9 Å². The molecule has 4 rings (SSSR count). The molecule has 166 valence electrons. The predicted molar refractivity (Wildman–Crippen MR) is 133 cm³/mol. The molecule has 0 radical (unpaired) electrons. The zero-order valence-corrected chi connectivity index (χ0v) is 20.1. The fraction of sp³-hybridized carbons (Fsp3) is 0.167. The van der Waals surface area contributed by atoms with Crippen molar-refractivity contribution in [3.63, 3.8) is 0 Å². The second kappa shape index (κ2) is 9.46. The highest BCUT2D eigenvalue weighted by Gasteiger charge is 2.41. The average molecular weight is 496 g/mol. The Morgan fingerprint density at radius 1 is 1.27 bits per heavy atom. The average Bonchev–Trinajstić information content (AvgIpc) is 3.44. The number of dihydropyridines is 1. The Bertz CT molecular complexity index is 1350. The first-order chi connectivity index (χ1) is 15.8. The van der Waals surface area contributed by atoms with Crippen LogP contribution in [0.5, 0.6) is 0 Å². The monoisotopic (exact) mass is 495 g/mol. The van der Waals surface area contributed by atoms with Crippen LogP contribution in [-0.4, -0.2) is 30.7 Å². The van der Waals surface area contributed by atoms with Crippen LogP contribution in [0.25, 0.3) is 5.57 Å². The molecular weight excluding hydrogens is 477 g/mol. The van der Waals surface area contributed by atoms with Crippen molar-refractivity contribution in [3.8, 4) is 12.3 Å². The highest BCUT2D eigenvalue weighted by molar-refractivity contribution is 7.11. The van der Waals surface area contributed by atoms with Crippen molar-refractivity contribution < 1.29 is 5.11 Å². The van der Waals surface area contributed by atoms with Gasteiger partial charge in [-0.2, -0.15) is 15.4 Å². The number of aromatic nitrogens is 4. The predicted octanol–water partition coefficient (Wildman–Crippen LogP) is 5.25. The Balaban J connectivity index is 1.75. The van der Waals surface area contributed by atoms with Crippen LogP contribution >= 0.6 is 34.5 Å². The van der Waals surface area contributed by atoms with Crippen LogP contribution in [0.2, 0.25) is 0 Å². The molecule has 0 amide bonds. The maximum Gasteiger partial charge on any atom is 0.179 e. The van der Waals surface area contributed by atoms with Crippen molar-refractivity contribution >= 4 is 45.3 Å². The van der Waals surface area contributed by atoms with Gasteiger partial charge in [-0.15, -0.1) is 17.8 Å². The second-order valence-electron chi connectivity index (χ2n) is 7.32. The topological polar surface area (TPSA) is 87.0 Å². The third-order valence-electron chi connectivity index (χ3n) is 5.12. The molecule has 0 spiro atoms. The number of halogens is 2. The molecule has 2 N–H and O–H groups in total. The van der Waals surface area contributed by atoms with Gasteiger partial charge in [0, 0.05) is 28.3 Å². The summed E-state index contributed by atoms with van der Waals surface area (Å²) in [6, 6.07) is 9.61. The Morgan fingerprint density at radius 3 is 2.61 bits per heavy atom. The number of aliphatic imine (C=N–C) groups is 1. The molecule has 9 heteroatoms. The van der Waals surface area contributed by atoms with Gasteiger partial charge >= 0.3 is 0 Å². The van der Waals surface area contributed by atoms with Crippen molar-refractivity contribution in [1.29, 1.82) is 0 Å². The van der Waals surface area contributed by atoms with Gasteiger partial charge in [-0.3, -0.25) is 0 Å². The Morgan fingerprint density at radius 2 is 2.03 bits per heavy atom. The summed E-state index contributed by atoms with van der Waals surface area (Å²) in [6.07, 6.45) is 11.0. The van der Waals surface area contributed by atoms with E-state index in [1.54, 1.807) is 12.2 Å². The van der Waals surface area contributed by atoms with Crippen molar-refractivity contribution in [1.82, 2.24) is 20.4 Å². The van der Waals surface area contributed by atoms with E-state index in [-0.39, 0.29) is 11.3 Å². The Hall–Kier alpha value is -3.02. The van der Waals surface area contributed by atoms with Crippen LogP contribution < -0.4 is 0 Å². The van der Waals surface area contributed by atoms with Gasteiger partial charge in [-0.05, 0) is 31.6 Å². The van der Waals surface area contributed by atoms with E-state index in [9.17, 15) is 5.11 Å². The number of nitrogens with zero attached hydrogens (tertiary/aromatic N) is 4. The molecule has 0 fully saturated rings. The molecule has 2 aromatic heterocycles. The number of benzene rings is 1. The SMILES string of the molecule is C#C/C(=C\C=C1/CC(Cl)=C(c2ccccc2)C(Cl)=N1)C(O)(c1cn[nH]n1)c1sc(C)nc1C. The molecule has 0 aliphatic carbocycles. The minimum absolute atomic E-state index is 0.260. The van der Waals surface area contributed by atoms with Gasteiger partial charge in [0.1, 0.15) is 10.9 Å². The highest BCUT2D eigenvalue weighted by atomic mass is 35.5. The Kier molecular flexibility index (Phi) is 6.63. The van der Waals surface area contributed by atoms with Crippen molar-refractivity contribution in [2.75, 3.05) is 0 Å². The molecular formula is C24H19Cl2N5OS. The fourth-order valence-electron chi connectivity index (χ4n) is 3.63. The normalized spacial score (nSPS) is 17.6. The molecule has 0 saturated heterocycles. The van der Waals surface area contributed by atoms with E-state index in [0.717, 1.165) is 10.6 Å². The summed E-state index contributed by atoms with van der Waals surface area (Å²) in [6.45, 7) is 3.68. The van der Waals surface area contributed by atoms with Gasteiger partial charge in [0.25, 0.3) is 0 Å². The summed E-state index contributed by atoms with van der Waals surface area (Å²) in [5.74, 6) is 2.60. The third kappa shape index (κ3) is 4.43. The lowest BCUT2D eigenvalue weighted by molar-refractivity contribution is 0.124. The van der Waals surface area contributed by atoms with Crippen LogP contribution in [0, 0.1) is 26.2 Å². The molecule has 3 aromatic rings. The van der Waals surface area contributed by atoms with E-state index in [1.807, 2.05) is 44.2 Å². The number of H-pyrrole nitrogens is 1. The van der Waals surface area contributed by atoms with Gasteiger partial charge in [-0.1, -0.05) is 59.5 Å². The van der Waals surface area contributed by atoms with Gasteiger partial charge in [0.05, 0.1) is 21.8 Å². The van der Waals surface area contributed by atoms with E-state index in [0.29, 0.717) is 38.5 Å². The van der Waals surface area contributed by atoms with E-state index in [1.165, 1.54) is 17.5 Å². The van der Waals surface area contributed by atoms with Crippen LogP contribution in [-0.2, 0) is 5.60 Å². The zero-order chi connectivity index (χ0) is 23.6. The number of aliphatic hydroxyl groups is 1. The number of hydrogen-bond donors (Lipinski definition) is 2. The number of aromatic amines is 1. The molecule has 1 unspecified atom stereocenters. The Labute approximate surface area is 205 Å². The zero-order valence-electron chi connectivity index (χ0n) is 17.8. The smallest absolute Gasteiger partial charge is 0.179 e. The molecule has 0 bridgehead atoms. The quantitative estimate of drug-likeness (QED) is 0.473. The number of allylic oxidation sites excluding steroid dienone is 4. The molecule has 1 aliphatic rings. The van der Waals surface area contributed by atoms with Gasteiger partial charge < -0.3 is 5.11 Å². The summed E-state index contributed by atoms with van der Waals surface area (Å²) in [7, 11) is 0. The van der Waals surface area contributed by atoms with Crippen LogP contribution in [0.3, 0.4) is 0 Å². The van der Waals surface area contributed by atoms with E-state index < -0.39 is 5.60 Å². The lowest BCUT2D eigenvalue weighted by Crippen LogP contribution is -2.30. The number of hydrogen-bond acceptors (Lipinski definition) is 6. The molecule has 3 heterocycles. The van der Waals surface area contributed by atoms with Crippen LogP contribution in [0.4, 0.5) is 0 Å². The summed E-state index contributed by atoms with van der Waals surface area (Å²) in [5.41, 5.74) is 1.69. The summed E-state index contributed by atoms with van der Waals surface area (Å²) < 4.78 is 0. The molecule has 6 nitrogen and oxygen atoms in total. The number of rotatable bonds is 5. The van der Waals surface area contributed by atoms with E-state index in [4.69, 9.17) is 29.6 Å². The molecule has 1 atom stereocenters. The third-order valence-corrected chi connectivity index (χ3v) is 6.90. The van der Waals surface area contributed by atoms with Gasteiger partial charge in [0.15, 0.2) is 5.60 Å². The lowest BCUT2D eigenvalue weighted by Gasteiger charge is -2.25. The number of terminal acetylenes is 1. The maximum atomic E-state index is 11.8. The van der Waals surface area contributed by atoms with Gasteiger partial charge in [-0.25, -0.2) is 9.98 Å². The summed E-state index contributed by atoms with van der Waals surface area (Å²) >= 11 is 14.4. The van der Waals surface area contributed by atoms with E-state index >= 15 is 0 Å². The van der Waals surface area contributed by atoms with E-state index in [2.05, 4.69) is 31.3 Å². The first-order valence-electron chi connectivity index (χ1n) is 9.94. The largest absolute Gasteiger partial charge is 0.373 e. The minimum Gasteiger partial charge on any atom is -0.373 e. The standard InChI is InChI=1S/C24H19Cl2N5OS/c1-4-17(24(32,20-13-27-31-30-20)22-14(2)28-15(3)33-22)10-11-18-12-19(25)21(23(26)29-18)16-8-6-5-7-9-16/h1,5-11,13,32H,12H2,2-3H3,(H,27,30,31)/b17-10+,18-11+. The van der Waals surface area contributed by atoms with Crippen molar-refractivity contribution in [2.24, 2.45) is 4.99 Å². The van der Waals surface area contributed by atoms with Crippen LogP contribution in [0.15, 0.2) is 70.0 Å². The number of aryl methyl sites for hydroxylation is 2. The summed E-state index contributed by atoms with van der Waals surface area (Å²) in [5, 5.41) is 24.0. The van der Waals surface area contributed by atoms with Gasteiger partial charge in [0.2, 0.25) is 0 Å². The molecule has 1 aromatic carbocycles. The second-order valence-corrected chi connectivity index (χ2v) is 9.34. The minimum atomic E-state index is -1.70. The first kappa shape index (κ1) is 23.1. The molecule has 1 aliphatic heterocycles. The maximum absolute atomic E-state index is 11.8. The number of thiazole rings is 1. The summed E-state index contributed by atoms with van der Waals surface area (Å²) in [4.78, 5) is 9.51. The first-order valence-corrected chi connectivity index (χ1v) is 11.5. The van der Waals surface area contributed by atoms with Crippen LogP contribution in [0.1, 0.15) is 33.3 Å². The number of nitrogens with one attached hydrogen (secondary N) is 1. The lowest BCUT2D eigenvalue weighted by atomic mass is 9.87. The van der Waals surface area contributed by atoms with Crippen molar-refractivity contribution in [3.05, 3.63) is 91.8 Å². The highest BCUT2D eigenvalue weighted by Crippen LogP contribution is 2.40. The molecule has 33 heavy (non-hydrogen) atoms.